The van der Waals surface area contributed by atoms with Crippen LogP contribution in [0.4, 0.5) is 0 Å². The normalized spacial score (nSPS) is 17.5. The van der Waals surface area contributed by atoms with Crippen LogP contribution < -0.4 is 10.9 Å². The molecule has 4 heterocycles. The van der Waals surface area contributed by atoms with Crippen molar-refractivity contribution in [2.75, 3.05) is 19.6 Å². The van der Waals surface area contributed by atoms with Crippen LogP contribution in [0.2, 0.25) is 0 Å². The number of piperidine rings is 1. The molecule has 4 aromatic rings. The molecule has 246 valence electrons. The number of benzene rings is 1. The second kappa shape index (κ2) is 15.1. The number of thiophene rings is 1. The number of carbonyl (C=O) groups is 2. The summed E-state index contributed by atoms with van der Waals surface area (Å²) in [4.78, 5) is 45.4. The fourth-order valence-corrected chi connectivity index (χ4v) is 7.56. The topological polar surface area (TPSA) is 139 Å². The van der Waals surface area contributed by atoms with E-state index in [2.05, 4.69) is 60.2 Å². The van der Waals surface area contributed by atoms with Crippen LogP contribution in [0.25, 0.3) is 21.3 Å². The molecule has 1 fully saturated rings. The predicted molar refractivity (Wildman–Crippen MR) is 185 cm³/mol. The van der Waals surface area contributed by atoms with Crippen LogP contribution in [0.15, 0.2) is 59.5 Å². The maximum Gasteiger partial charge on any atom is 0.290 e. The van der Waals surface area contributed by atoms with Gasteiger partial charge in [0.15, 0.2) is 0 Å². The maximum absolute atomic E-state index is 13.7. The quantitative estimate of drug-likeness (QED) is 0.191. The van der Waals surface area contributed by atoms with Gasteiger partial charge >= 0.3 is 0 Å². The van der Waals surface area contributed by atoms with E-state index in [1.165, 1.54) is 28.7 Å². The highest BCUT2D eigenvalue weighted by Crippen LogP contribution is 2.38. The Kier molecular flexibility index (Phi) is 10.9. The number of carbonyl (C=O) groups excluding carboxylic acids is 1. The minimum absolute atomic E-state index is 0.0727. The highest BCUT2D eigenvalue weighted by molar-refractivity contribution is 7.20. The lowest BCUT2D eigenvalue weighted by molar-refractivity contribution is -0.122. The third kappa shape index (κ3) is 8.53. The Bertz CT molecular complexity index is 1770. The maximum atomic E-state index is 13.7. The zero-order chi connectivity index (χ0) is 33.6. The van der Waals surface area contributed by atoms with Crippen LogP contribution in [0.5, 0.6) is 0 Å². The molecule has 47 heavy (non-hydrogen) atoms. The van der Waals surface area contributed by atoms with Crippen LogP contribution >= 0.6 is 11.3 Å². The van der Waals surface area contributed by atoms with Crippen LogP contribution in [0.1, 0.15) is 79.0 Å². The first-order chi connectivity index (χ1) is 22.6. The summed E-state index contributed by atoms with van der Waals surface area (Å²) < 4.78 is 0. The van der Waals surface area contributed by atoms with E-state index in [4.69, 9.17) is 14.9 Å². The van der Waals surface area contributed by atoms with Gasteiger partial charge in [-0.05, 0) is 103 Å². The Morgan fingerprint density at radius 1 is 1.15 bits per heavy atom. The van der Waals surface area contributed by atoms with Crippen molar-refractivity contribution in [1.29, 1.82) is 5.26 Å². The molecular weight excluding hydrogens is 611 g/mol. The lowest BCUT2D eigenvalue weighted by Gasteiger charge is -2.34. The van der Waals surface area contributed by atoms with Gasteiger partial charge in [-0.15, -0.1) is 11.3 Å². The highest BCUT2D eigenvalue weighted by atomic mass is 32.1. The molecule has 10 heteroatoms. The van der Waals surface area contributed by atoms with Crippen molar-refractivity contribution in [2.24, 2.45) is 17.3 Å². The van der Waals surface area contributed by atoms with Gasteiger partial charge in [-0.2, -0.15) is 5.26 Å². The number of nitriles is 1. The van der Waals surface area contributed by atoms with Crippen molar-refractivity contribution in [3.63, 3.8) is 0 Å². The summed E-state index contributed by atoms with van der Waals surface area (Å²) in [6.45, 7) is 9.39. The minimum atomic E-state index is -0.250. The SMILES string of the molecule is CC(C)(C)[C@H]1CCc2nc3sc(C(=O)N[C@H](CCN4CCC(C#N)CC4)c4ccc(-c5ccc(=O)[nH]c5)cc4)cc3cc2C1.O=CO. The van der Waals surface area contributed by atoms with Crippen molar-refractivity contribution >= 4 is 33.9 Å². The summed E-state index contributed by atoms with van der Waals surface area (Å²) in [6, 6.07) is 18.1. The largest absolute Gasteiger partial charge is 0.483 e. The first-order valence-electron chi connectivity index (χ1n) is 16.3. The van der Waals surface area contributed by atoms with Crippen molar-refractivity contribution in [1.82, 2.24) is 20.2 Å². The van der Waals surface area contributed by atoms with Crippen molar-refractivity contribution in [2.45, 2.75) is 65.3 Å². The lowest BCUT2D eigenvalue weighted by atomic mass is 9.71. The molecule has 0 radical (unpaired) electrons. The number of rotatable bonds is 7. The molecule has 9 nitrogen and oxygen atoms in total. The number of likely N-dealkylation sites (tertiary alicyclic amines) is 1. The minimum Gasteiger partial charge on any atom is -0.483 e. The monoisotopic (exact) mass is 653 g/mol. The standard InChI is InChI=1S/C36H41N5O2S.CH2O2/c1-36(2,3)29-9-10-30-27(19-29)18-28-20-32(44-35(28)40-30)34(43)39-31(14-17-41-15-12-23(21-37)13-16-41)25-6-4-24(5-7-25)26-8-11-33(42)38-22-26;2-1-3/h4-8,11,18,20,22-23,29,31H,9-10,12-17,19H2,1-3H3,(H,38,42)(H,39,43);1H,(H,2,3)/t29-,31+;/m0./s1. The van der Waals surface area contributed by atoms with E-state index in [1.807, 2.05) is 24.3 Å². The Labute approximate surface area is 279 Å². The summed E-state index contributed by atoms with van der Waals surface area (Å²) in [5, 5.41) is 20.6. The molecule has 2 aliphatic rings. The molecule has 0 bridgehead atoms. The molecular formula is C37H43N5O4S. The smallest absolute Gasteiger partial charge is 0.290 e. The average molecular weight is 654 g/mol. The van der Waals surface area contributed by atoms with E-state index in [0.29, 0.717) is 10.8 Å². The molecule has 3 aromatic heterocycles. The number of fused-ring (bicyclic) bond motifs is 2. The number of pyridine rings is 2. The van der Waals surface area contributed by atoms with Gasteiger partial charge in [0.25, 0.3) is 12.4 Å². The van der Waals surface area contributed by atoms with Crippen LogP contribution in [0, 0.1) is 28.6 Å². The zero-order valence-corrected chi connectivity index (χ0v) is 28.1. The summed E-state index contributed by atoms with van der Waals surface area (Å²) in [7, 11) is 0. The fraction of sp³-hybridized carbons (Fsp3) is 0.432. The van der Waals surface area contributed by atoms with E-state index in [9.17, 15) is 14.9 Å². The second-order valence-corrected chi connectivity index (χ2v) is 14.7. The van der Waals surface area contributed by atoms with E-state index in [0.717, 1.165) is 85.1 Å². The second-order valence-electron chi connectivity index (χ2n) is 13.6. The van der Waals surface area contributed by atoms with Gasteiger partial charge in [0.05, 0.1) is 17.0 Å². The summed E-state index contributed by atoms with van der Waals surface area (Å²) in [6.07, 6.45) is 7.49. The number of H-pyrrole nitrogens is 1. The van der Waals surface area contributed by atoms with Gasteiger partial charge in [-0.3, -0.25) is 14.4 Å². The van der Waals surface area contributed by atoms with Gasteiger partial charge in [0.2, 0.25) is 5.56 Å². The van der Waals surface area contributed by atoms with E-state index in [1.54, 1.807) is 6.20 Å². The highest BCUT2D eigenvalue weighted by Gasteiger charge is 2.30. The number of hydrogen-bond donors (Lipinski definition) is 3. The molecule has 6 rings (SSSR count). The number of amides is 1. The Morgan fingerprint density at radius 3 is 2.49 bits per heavy atom. The summed E-state index contributed by atoms with van der Waals surface area (Å²) in [5.41, 5.74) is 5.64. The van der Waals surface area contributed by atoms with E-state index in [-0.39, 0.29) is 35.3 Å². The van der Waals surface area contributed by atoms with E-state index >= 15 is 0 Å². The van der Waals surface area contributed by atoms with Crippen molar-refractivity contribution in [3.05, 3.63) is 86.8 Å². The Morgan fingerprint density at radius 2 is 1.85 bits per heavy atom. The number of carboxylic acid groups (broad SMARTS) is 1. The summed E-state index contributed by atoms with van der Waals surface area (Å²) in [5.74, 6) is 0.711. The molecule has 0 saturated carbocycles. The molecule has 1 saturated heterocycles. The molecule has 0 unspecified atom stereocenters. The number of hydrogen-bond acceptors (Lipinski definition) is 7. The number of nitrogens with one attached hydrogen (secondary N) is 2. The van der Waals surface area contributed by atoms with Crippen LogP contribution in [0.3, 0.4) is 0 Å². The predicted octanol–water partition coefficient (Wildman–Crippen LogP) is 6.60. The van der Waals surface area contributed by atoms with Crippen LogP contribution in [-0.2, 0) is 17.6 Å². The van der Waals surface area contributed by atoms with Gasteiger partial charge < -0.3 is 20.3 Å². The third-order valence-electron chi connectivity index (χ3n) is 9.56. The first-order valence-corrected chi connectivity index (χ1v) is 17.1. The Balaban J connectivity index is 0.00000139. The molecule has 1 aliphatic heterocycles. The first kappa shape index (κ1) is 34.0. The number of aromatic nitrogens is 2. The molecule has 3 N–H and O–H groups in total. The molecule has 0 spiro atoms. The lowest BCUT2D eigenvalue weighted by Crippen LogP contribution is -2.36. The summed E-state index contributed by atoms with van der Waals surface area (Å²) >= 11 is 1.48. The number of nitrogens with zero attached hydrogens (tertiary/aromatic N) is 3. The van der Waals surface area contributed by atoms with Gasteiger partial charge in [0, 0.05) is 35.8 Å². The Hall–Kier alpha value is -4.33. The zero-order valence-electron chi connectivity index (χ0n) is 27.3. The van der Waals surface area contributed by atoms with Crippen molar-refractivity contribution in [3.8, 4) is 17.2 Å². The van der Waals surface area contributed by atoms with Gasteiger partial charge in [0.1, 0.15) is 4.83 Å². The van der Waals surface area contributed by atoms with E-state index < -0.39 is 0 Å². The van der Waals surface area contributed by atoms with Crippen molar-refractivity contribution < 1.29 is 14.7 Å². The van der Waals surface area contributed by atoms with Gasteiger partial charge in [-0.1, -0.05) is 45.0 Å². The van der Waals surface area contributed by atoms with Crippen LogP contribution in [-0.4, -0.2) is 52.0 Å². The average Bonchev–Trinajstić information content (AvgIpc) is 3.49. The number of aromatic amines is 1. The molecule has 1 aromatic carbocycles. The van der Waals surface area contributed by atoms with Gasteiger partial charge in [-0.25, -0.2) is 4.98 Å². The molecule has 1 aliphatic carbocycles. The fourth-order valence-electron chi connectivity index (χ4n) is 6.62. The molecule has 2 atom stereocenters. The molecule has 1 amide bonds. The number of aryl methyl sites for hydroxylation is 1. The third-order valence-corrected chi connectivity index (χ3v) is 10.6.